The highest BCUT2D eigenvalue weighted by atomic mass is 35.5. The molecule has 5 heterocycles. The smallest absolute Gasteiger partial charge is 0.258 e. The summed E-state index contributed by atoms with van der Waals surface area (Å²) in [4.78, 5) is 22.3. The molecule has 3 aromatic rings. The summed E-state index contributed by atoms with van der Waals surface area (Å²) in [6, 6.07) is 5.19. The molecule has 3 aliphatic heterocycles. The summed E-state index contributed by atoms with van der Waals surface area (Å²) in [5.74, 6) is -0.268. The van der Waals surface area contributed by atoms with Crippen LogP contribution >= 0.6 is 11.6 Å². The van der Waals surface area contributed by atoms with Gasteiger partial charge in [-0.2, -0.15) is 5.10 Å². The molecule has 3 aliphatic rings. The first-order valence-corrected chi connectivity index (χ1v) is 12.2. The van der Waals surface area contributed by atoms with Crippen molar-refractivity contribution in [3.05, 3.63) is 57.2 Å². The predicted octanol–water partition coefficient (Wildman–Crippen LogP) is 4.30. The normalized spacial score (nSPS) is 24.1. The number of fused-ring (bicyclic) bond motifs is 5. The summed E-state index contributed by atoms with van der Waals surface area (Å²) in [5, 5.41) is 5.26. The van der Waals surface area contributed by atoms with E-state index in [2.05, 4.69) is 22.0 Å². The number of halogens is 2. The third-order valence-electron chi connectivity index (χ3n) is 7.77. The van der Waals surface area contributed by atoms with Gasteiger partial charge in [0.2, 0.25) is 0 Å². The third-order valence-corrected chi connectivity index (χ3v) is 8.31. The molecule has 2 bridgehead atoms. The summed E-state index contributed by atoms with van der Waals surface area (Å²) < 4.78 is 22.2. The van der Waals surface area contributed by atoms with Crippen molar-refractivity contribution in [1.82, 2.24) is 24.4 Å². The van der Waals surface area contributed by atoms with Gasteiger partial charge in [-0.25, -0.2) is 13.9 Å². The van der Waals surface area contributed by atoms with Crippen molar-refractivity contribution in [3.63, 3.8) is 0 Å². The topological polar surface area (TPSA) is 63.0 Å². The first-order valence-electron chi connectivity index (χ1n) is 11.8. The number of hydrogen-bond acceptors (Lipinski definition) is 5. The molecule has 3 atom stereocenters. The van der Waals surface area contributed by atoms with Gasteiger partial charge in [0.25, 0.3) is 5.91 Å². The van der Waals surface area contributed by atoms with Crippen LogP contribution in [0.4, 0.5) is 4.39 Å². The monoisotopic (exact) mass is 483 g/mol. The van der Waals surface area contributed by atoms with Crippen molar-refractivity contribution in [2.45, 2.75) is 70.8 Å². The SMILES string of the molecule is Cc1nc2c3c(nn2c(C)c1Cl)CN(C(=O)c1ccc(F)cc1OC1C[C@H]2CC[C@@H](C1)N2C)C3. The molecule has 6 rings (SSSR count). The van der Waals surface area contributed by atoms with E-state index in [-0.39, 0.29) is 12.0 Å². The van der Waals surface area contributed by atoms with Gasteiger partial charge in [-0.3, -0.25) is 4.79 Å². The molecule has 0 N–H and O–H groups in total. The minimum Gasteiger partial charge on any atom is -0.489 e. The minimum atomic E-state index is -0.406. The van der Waals surface area contributed by atoms with Crippen LogP contribution in [-0.4, -0.2) is 55.5 Å². The number of carbonyl (C=O) groups excluding carboxylic acids is 1. The molecular weight excluding hydrogens is 457 g/mol. The van der Waals surface area contributed by atoms with Gasteiger partial charge in [0.1, 0.15) is 17.7 Å². The van der Waals surface area contributed by atoms with Crippen LogP contribution in [0.3, 0.4) is 0 Å². The highest BCUT2D eigenvalue weighted by Gasteiger charge is 2.40. The second-order valence-corrected chi connectivity index (χ2v) is 10.2. The van der Waals surface area contributed by atoms with Gasteiger partial charge in [-0.15, -0.1) is 0 Å². The van der Waals surface area contributed by atoms with E-state index in [1.54, 1.807) is 9.42 Å². The summed E-state index contributed by atoms with van der Waals surface area (Å²) in [5.41, 5.74) is 4.41. The van der Waals surface area contributed by atoms with Crippen molar-refractivity contribution in [2.24, 2.45) is 0 Å². The molecule has 2 fully saturated rings. The van der Waals surface area contributed by atoms with Crippen molar-refractivity contribution in [3.8, 4) is 5.75 Å². The molecule has 2 saturated heterocycles. The highest BCUT2D eigenvalue weighted by molar-refractivity contribution is 6.31. The molecule has 0 saturated carbocycles. The lowest BCUT2D eigenvalue weighted by molar-refractivity contribution is 0.0622. The van der Waals surface area contributed by atoms with Crippen LogP contribution in [0.2, 0.25) is 5.02 Å². The molecule has 0 spiro atoms. The lowest BCUT2D eigenvalue weighted by Crippen LogP contribution is -2.44. The zero-order valence-corrected chi connectivity index (χ0v) is 20.3. The summed E-state index contributed by atoms with van der Waals surface area (Å²) in [6.07, 6.45) is 4.12. The fraction of sp³-hybridized carbons (Fsp3) is 0.480. The van der Waals surface area contributed by atoms with E-state index in [1.807, 2.05) is 13.8 Å². The molecular formula is C25H27ClFN5O2. The van der Waals surface area contributed by atoms with E-state index in [1.165, 1.54) is 31.0 Å². The number of aryl methyl sites for hydroxylation is 2. The Bertz CT molecular complexity index is 1310. The molecule has 34 heavy (non-hydrogen) atoms. The fourth-order valence-electron chi connectivity index (χ4n) is 5.83. The number of nitrogens with zero attached hydrogens (tertiary/aromatic N) is 5. The minimum absolute atomic E-state index is 0.0121. The van der Waals surface area contributed by atoms with Gasteiger partial charge in [-0.05, 0) is 58.7 Å². The summed E-state index contributed by atoms with van der Waals surface area (Å²) in [7, 11) is 2.17. The van der Waals surface area contributed by atoms with Crippen LogP contribution in [0, 0.1) is 19.7 Å². The summed E-state index contributed by atoms with van der Waals surface area (Å²) in [6.45, 7) is 4.53. The fourth-order valence-corrected chi connectivity index (χ4v) is 5.96. The second-order valence-electron chi connectivity index (χ2n) is 9.82. The molecule has 2 aromatic heterocycles. The number of hydrogen-bond donors (Lipinski definition) is 0. The molecule has 7 nitrogen and oxygen atoms in total. The maximum atomic E-state index is 14.2. The van der Waals surface area contributed by atoms with E-state index >= 15 is 0 Å². The zero-order valence-electron chi connectivity index (χ0n) is 19.5. The standard InChI is InChI=1S/C25H27ClFN5O2/c1-13-23(26)14(2)32-24(28-13)20-11-31(12-21(20)29-32)25(33)19-7-4-15(27)8-22(19)34-18-9-16-5-6-17(10-18)30(16)3/h4,7-8,16-18H,5-6,9-12H2,1-3H3/t16-,17+,18?. The third kappa shape index (κ3) is 3.38. The summed E-state index contributed by atoms with van der Waals surface area (Å²) >= 11 is 6.34. The molecule has 9 heteroatoms. The largest absolute Gasteiger partial charge is 0.489 e. The van der Waals surface area contributed by atoms with Gasteiger partial charge >= 0.3 is 0 Å². The van der Waals surface area contributed by atoms with Crippen molar-refractivity contribution in [1.29, 1.82) is 0 Å². The molecule has 1 amide bonds. The van der Waals surface area contributed by atoms with E-state index in [0.717, 1.165) is 41.1 Å². The van der Waals surface area contributed by atoms with Gasteiger partial charge in [-0.1, -0.05) is 11.6 Å². The van der Waals surface area contributed by atoms with Crippen LogP contribution in [0.25, 0.3) is 5.65 Å². The molecule has 1 unspecified atom stereocenters. The average molecular weight is 484 g/mol. The first-order chi connectivity index (χ1) is 16.3. The maximum absolute atomic E-state index is 14.2. The molecule has 178 valence electrons. The number of ether oxygens (including phenoxy) is 1. The Morgan fingerprint density at radius 2 is 1.91 bits per heavy atom. The van der Waals surface area contributed by atoms with Crippen molar-refractivity contribution in [2.75, 3.05) is 7.05 Å². The van der Waals surface area contributed by atoms with Crippen molar-refractivity contribution >= 4 is 23.2 Å². The number of benzene rings is 1. The number of rotatable bonds is 3. The van der Waals surface area contributed by atoms with Crippen molar-refractivity contribution < 1.29 is 13.9 Å². The molecule has 1 aromatic carbocycles. The number of aromatic nitrogens is 3. The second kappa shape index (κ2) is 7.92. The Kier molecular flexibility index (Phi) is 5.08. The van der Waals surface area contributed by atoms with Crippen LogP contribution in [0.1, 0.15) is 58.7 Å². The Labute approximate surface area is 202 Å². The van der Waals surface area contributed by atoms with Crippen LogP contribution in [0.5, 0.6) is 5.75 Å². The average Bonchev–Trinajstić information content (AvgIpc) is 3.41. The first kappa shape index (κ1) is 21.8. The van der Waals surface area contributed by atoms with E-state index < -0.39 is 5.82 Å². The lowest BCUT2D eigenvalue weighted by Gasteiger charge is -2.36. The van der Waals surface area contributed by atoms with Gasteiger partial charge in [0, 0.05) is 23.7 Å². The van der Waals surface area contributed by atoms with E-state index in [9.17, 15) is 9.18 Å². The number of piperidine rings is 1. The Balaban J connectivity index is 1.26. The maximum Gasteiger partial charge on any atom is 0.258 e. The Morgan fingerprint density at radius 1 is 1.18 bits per heavy atom. The lowest BCUT2D eigenvalue weighted by atomic mass is 10.0. The number of amides is 1. The van der Waals surface area contributed by atoms with Gasteiger partial charge < -0.3 is 14.5 Å². The van der Waals surface area contributed by atoms with Gasteiger partial charge in [0.15, 0.2) is 5.65 Å². The van der Waals surface area contributed by atoms with Crippen LogP contribution in [0.15, 0.2) is 18.2 Å². The van der Waals surface area contributed by atoms with E-state index in [4.69, 9.17) is 16.3 Å². The Morgan fingerprint density at radius 3 is 2.65 bits per heavy atom. The van der Waals surface area contributed by atoms with Crippen LogP contribution < -0.4 is 4.74 Å². The van der Waals surface area contributed by atoms with Crippen LogP contribution in [-0.2, 0) is 13.1 Å². The number of carbonyl (C=O) groups is 1. The quantitative estimate of drug-likeness (QED) is 0.556. The highest BCUT2D eigenvalue weighted by Crippen LogP contribution is 2.37. The predicted molar refractivity (Wildman–Crippen MR) is 126 cm³/mol. The molecule has 0 radical (unpaired) electrons. The van der Waals surface area contributed by atoms with Gasteiger partial charge in [0.05, 0.1) is 40.8 Å². The van der Waals surface area contributed by atoms with E-state index in [0.29, 0.717) is 41.5 Å². The zero-order chi connectivity index (χ0) is 23.7. The Hall–Kier alpha value is -2.71. The molecule has 0 aliphatic carbocycles.